The highest BCUT2D eigenvalue weighted by molar-refractivity contribution is 5.38. The molecular formula is C12H16N4. The summed E-state index contributed by atoms with van der Waals surface area (Å²) in [5, 5.41) is 7.89. The van der Waals surface area contributed by atoms with Gasteiger partial charge in [-0.15, -0.1) is 0 Å². The van der Waals surface area contributed by atoms with Gasteiger partial charge in [-0.05, 0) is 19.8 Å². The maximum absolute atomic E-state index is 4.38. The van der Waals surface area contributed by atoms with Crippen LogP contribution in [0.25, 0.3) is 5.65 Å². The lowest BCUT2D eigenvalue weighted by Crippen LogP contribution is -2.34. The lowest BCUT2D eigenvalue weighted by molar-refractivity contribution is 0.338. The molecule has 1 N–H and O–H groups in total. The molecule has 0 atom stereocenters. The van der Waals surface area contributed by atoms with Gasteiger partial charge in [0.1, 0.15) is 0 Å². The van der Waals surface area contributed by atoms with E-state index in [9.17, 15) is 0 Å². The lowest BCUT2D eigenvalue weighted by Gasteiger charge is -2.26. The molecule has 16 heavy (non-hydrogen) atoms. The van der Waals surface area contributed by atoms with E-state index in [4.69, 9.17) is 0 Å². The zero-order valence-corrected chi connectivity index (χ0v) is 9.48. The van der Waals surface area contributed by atoms with Crippen molar-refractivity contribution >= 4 is 5.65 Å². The highest BCUT2D eigenvalue weighted by Crippen LogP contribution is 2.18. The molecule has 84 valence electrons. The van der Waals surface area contributed by atoms with Crippen molar-refractivity contribution in [1.29, 1.82) is 0 Å². The number of hydrogen-bond acceptors (Lipinski definition) is 3. The van der Waals surface area contributed by atoms with Gasteiger partial charge in [-0.3, -0.25) is 0 Å². The van der Waals surface area contributed by atoms with Gasteiger partial charge < -0.3 is 5.32 Å². The molecule has 2 heterocycles. The summed E-state index contributed by atoms with van der Waals surface area (Å²) in [5.74, 6) is 0. The molecule has 1 saturated carbocycles. The topological polar surface area (TPSA) is 42.2 Å². The molecule has 1 fully saturated rings. The molecule has 0 spiro atoms. The molecule has 0 unspecified atom stereocenters. The fraction of sp³-hybridized carbons (Fsp3) is 0.500. The molecule has 4 heteroatoms. The van der Waals surface area contributed by atoms with Gasteiger partial charge in [0.15, 0.2) is 5.65 Å². The quantitative estimate of drug-likeness (QED) is 0.848. The summed E-state index contributed by atoms with van der Waals surface area (Å²) in [6.45, 7) is 2.88. The summed E-state index contributed by atoms with van der Waals surface area (Å²) < 4.78 is 1.85. The zero-order chi connectivity index (χ0) is 11.0. The fourth-order valence-electron chi connectivity index (χ4n) is 2.00. The number of aryl methyl sites for hydroxylation is 1. The van der Waals surface area contributed by atoms with Crippen molar-refractivity contribution in [1.82, 2.24) is 19.9 Å². The zero-order valence-electron chi connectivity index (χ0n) is 9.48. The van der Waals surface area contributed by atoms with Crippen LogP contribution in [0, 0.1) is 6.92 Å². The first kappa shape index (κ1) is 9.78. The first-order valence-electron chi connectivity index (χ1n) is 5.85. The minimum atomic E-state index is 0.718. The molecule has 0 aromatic carbocycles. The summed E-state index contributed by atoms with van der Waals surface area (Å²) in [5.41, 5.74) is 3.13. The van der Waals surface area contributed by atoms with Crippen molar-refractivity contribution in [3.8, 4) is 0 Å². The van der Waals surface area contributed by atoms with Crippen LogP contribution in [0.4, 0.5) is 0 Å². The first-order chi connectivity index (χ1) is 7.81. The second-order valence-electron chi connectivity index (χ2n) is 4.56. The Bertz CT molecular complexity index is 499. The Balaban J connectivity index is 1.75. The highest BCUT2D eigenvalue weighted by Gasteiger charge is 2.16. The van der Waals surface area contributed by atoms with E-state index in [1.807, 2.05) is 23.7 Å². The molecule has 1 aliphatic rings. The number of fused-ring (bicyclic) bond motifs is 1. The third-order valence-electron chi connectivity index (χ3n) is 3.19. The molecule has 0 aliphatic heterocycles. The standard InChI is InChI=1S/C12H16N4/c1-9-5-12-14-7-10(8-16(12)15-9)6-13-11-3-2-4-11/h5,7-8,11,13H,2-4,6H2,1H3. The van der Waals surface area contributed by atoms with Crippen molar-refractivity contribution < 1.29 is 0 Å². The molecule has 3 rings (SSSR count). The van der Waals surface area contributed by atoms with Gasteiger partial charge in [0.25, 0.3) is 0 Å². The largest absolute Gasteiger partial charge is 0.310 e. The first-order valence-corrected chi connectivity index (χ1v) is 5.85. The van der Waals surface area contributed by atoms with Crippen molar-refractivity contribution in [3.63, 3.8) is 0 Å². The van der Waals surface area contributed by atoms with Crippen molar-refractivity contribution in [2.24, 2.45) is 0 Å². The Hall–Kier alpha value is -1.42. The van der Waals surface area contributed by atoms with Crippen molar-refractivity contribution in [3.05, 3.63) is 29.7 Å². The Morgan fingerprint density at radius 2 is 2.38 bits per heavy atom. The molecule has 2 aromatic rings. The smallest absolute Gasteiger partial charge is 0.155 e. The summed E-state index contributed by atoms with van der Waals surface area (Å²) in [4.78, 5) is 4.38. The van der Waals surface area contributed by atoms with Gasteiger partial charge in [-0.2, -0.15) is 5.10 Å². The van der Waals surface area contributed by atoms with E-state index in [0.717, 1.165) is 23.9 Å². The number of aromatic nitrogens is 3. The van der Waals surface area contributed by atoms with Crippen LogP contribution in [0.2, 0.25) is 0 Å². The molecule has 1 aliphatic carbocycles. The number of nitrogens with zero attached hydrogens (tertiary/aromatic N) is 3. The van der Waals surface area contributed by atoms with Crippen LogP contribution in [0.15, 0.2) is 18.5 Å². The van der Waals surface area contributed by atoms with E-state index in [1.54, 1.807) is 0 Å². The van der Waals surface area contributed by atoms with E-state index in [-0.39, 0.29) is 0 Å². The molecule has 0 saturated heterocycles. The van der Waals surface area contributed by atoms with E-state index in [1.165, 1.54) is 24.8 Å². The minimum absolute atomic E-state index is 0.718. The third kappa shape index (κ3) is 1.80. The molecule has 0 radical (unpaired) electrons. The van der Waals surface area contributed by atoms with Gasteiger partial charge in [0, 0.05) is 36.6 Å². The van der Waals surface area contributed by atoms with E-state index >= 15 is 0 Å². The van der Waals surface area contributed by atoms with E-state index < -0.39 is 0 Å². The highest BCUT2D eigenvalue weighted by atomic mass is 15.2. The molecule has 0 bridgehead atoms. The van der Waals surface area contributed by atoms with Crippen LogP contribution in [0.3, 0.4) is 0 Å². The number of hydrogen-bond donors (Lipinski definition) is 1. The van der Waals surface area contributed by atoms with Crippen LogP contribution >= 0.6 is 0 Å². The van der Waals surface area contributed by atoms with Crippen LogP contribution in [-0.2, 0) is 6.54 Å². The molecule has 2 aromatic heterocycles. The predicted octanol–water partition coefficient (Wildman–Crippen LogP) is 1.68. The second kappa shape index (κ2) is 3.87. The van der Waals surface area contributed by atoms with Crippen LogP contribution in [-0.4, -0.2) is 20.6 Å². The fourth-order valence-corrected chi connectivity index (χ4v) is 2.00. The van der Waals surface area contributed by atoms with Crippen molar-refractivity contribution in [2.75, 3.05) is 0 Å². The lowest BCUT2D eigenvalue weighted by atomic mass is 9.93. The Labute approximate surface area is 94.7 Å². The van der Waals surface area contributed by atoms with E-state index in [2.05, 4.69) is 21.6 Å². The average Bonchev–Trinajstić information content (AvgIpc) is 2.55. The van der Waals surface area contributed by atoms with Crippen LogP contribution in [0.5, 0.6) is 0 Å². The minimum Gasteiger partial charge on any atom is -0.310 e. The third-order valence-corrected chi connectivity index (χ3v) is 3.19. The van der Waals surface area contributed by atoms with Gasteiger partial charge in [0.05, 0.1) is 5.69 Å². The Kier molecular flexibility index (Phi) is 2.36. The predicted molar refractivity (Wildman–Crippen MR) is 62.2 cm³/mol. The molecule has 4 nitrogen and oxygen atoms in total. The maximum atomic E-state index is 4.38. The monoisotopic (exact) mass is 216 g/mol. The van der Waals surface area contributed by atoms with Crippen LogP contribution in [0.1, 0.15) is 30.5 Å². The summed E-state index contributed by atoms with van der Waals surface area (Å²) >= 11 is 0. The molecule has 0 amide bonds. The summed E-state index contributed by atoms with van der Waals surface area (Å²) in [7, 11) is 0. The van der Waals surface area contributed by atoms with Gasteiger partial charge in [-0.25, -0.2) is 9.50 Å². The second-order valence-corrected chi connectivity index (χ2v) is 4.56. The SMILES string of the molecule is Cc1cc2ncc(CNC3CCC3)cn2n1. The Morgan fingerprint density at radius 1 is 1.50 bits per heavy atom. The summed E-state index contributed by atoms with van der Waals surface area (Å²) in [6, 6.07) is 2.71. The molecular weight excluding hydrogens is 200 g/mol. The summed E-state index contributed by atoms with van der Waals surface area (Å²) in [6.07, 6.45) is 7.99. The number of rotatable bonds is 3. The van der Waals surface area contributed by atoms with E-state index in [0.29, 0.717) is 0 Å². The number of nitrogens with one attached hydrogen (secondary N) is 1. The average molecular weight is 216 g/mol. The van der Waals surface area contributed by atoms with Gasteiger partial charge in [0.2, 0.25) is 0 Å². The van der Waals surface area contributed by atoms with Crippen molar-refractivity contribution in [2.45, 2.75) is 38.8 Å². The van der Waals surface area contributed by atoms with Gasteiger partial charge in [-0.1, -0.05) is 6.42 Å². The van der Waals surface area contributed by atoms with Crippen LogP contribution < -0.4 is 5.32 Å². The normalized spacial score (nSPS) is 16.6. The van der Waals surface area contributed by atoms with Gasteiger partial charge >= 0.3 is 0 Å². The Morgan fingerprint density at radius 3 is 3.12 bits per heavy atom. The maximum Gasteiger partial charge on any atom is 0.155 e.